The van der Waals surface area contributed by atoms with Crippen LogP contribution in [0.5, 0.6) is 0 Å². The van der Waals surface area contributed by atoms with Crippen molar-refractivity contribution < 1.29 is 43.7 Å². The minimum Gasteiger partial charge on any atom is -0.323 e. The van der Waals surface area contributed by atoms with E-state index in [-0.39, 0.29) is 19.3 Å². The van der Waals surface area contributed by atoms with Crippen LogP contribution in [0.1, 0.15) is 57.8 Å². The van der Waals surface area contributed by atoms with Crippen LogP contribution in [0.15, 0.2) is 0 Å². The highest BCUT2D eigenvalue weighted by molar-refractivity contribution is 7.87. The molecule has 160 valence electrons. The number of halogens is 7. The molecule has 0 aromatic heterocycles. The van der Waals surface area contributed by atoms with Gasteiger partial charge in [-0.15, -0.1) is 0 Å². The molecule has 0 bridgehead atoms. The Kier molecular flexibility index (Phi) is 12.7. The number of rotatable bonds is 11. The second-order valence-corrected chi connectivity index (χ2v) is 7.25. The molecule has 0 aromatic carbocycles. The Bertz CT molecular complexity index is 468. The highest BCUT2D eigenvalue weighted by Gasteiger charge is 2.64. The van der Waals surface area contributed by atoms with Gasteiger partial charge < -0.3 is 5.32 Å². The van der Waals surface area contributed by atoms with E-state index in [2.05, 4.69) is 5.32 Å². The van der Waals surface area contributed by atoms with E-state index in [0.29, 0.717) is 25.7 Å². The summed E-state index contributed by atoms with van der Waals surface area (Å²) in [6.45, 7) is 0. The van der Waals surface area contributed by atoms with Gasteiger partial charge in [0.25, 0.3) is 0 Å². The van der Waals surface area contributed by atoms with Crippen molar-refractivity contribution in [1.29, 1.82) is 0 Å². The Balaban J connectivity index is 0. The van der Waals surface area contributed by atoms with E-state index in [1.54, 1.807) is 0 Å². The van der Waals surface area contributed by atoms with Gasteiger partial charge in [0.15, 0.2) is 0 Å². The van der Waals surface area contributed by atoms with Crippen LogP contribution in [0.3, 0.4) is 0 Å². The molecular formula is C14H26F7NO3S. The van der Waals surface area contributed by atoms with E-state index >= 15 is 0 Å². The summed E-state index contributed by atoms with van der Waals surface area (Å²) in [4.78, 5) is 0. The lowest BCUT2D eigenvalue weighted by atomic mass is 10.1. The van der Waals surface area contributed by atoms with E-state index in [1.165, 1.54) is 0 Å². The lowest BCUT2D eigenvalue weighted by molar-refractivity contribution is -0.164. The molecular weight excluding hydrogens is 395 g/mol. The van der Waals surface area contributed by atoms with Crippen molar-refractivity contribution in [3.63, 3.8) is 0 Å². The van der Waals surface area contributed by atoms with Gasteiger partial charge in [-0.1, -0.05) is 32.1 Å². The molecule has 0 rings (SSSR count). The molecule has 2 N–H and O–H groups in total. The molecule has 0 fully saturated rings. The first kappa shape index (κ1) is 27.6. The van der Waals surface area contributed by atoms with Crippen molar-refractivity contribution in [2.45, 2.75) is 75.1 Å². The SMILES string of the molecule is CNC.O=S(=O)(O)C(F)(F)C(F)(F)CCCCCCCCCC(F)(F)F. The molecule has 12 heteroatoms. The molecule has 0 amide bonds. The predicted octanol–water partition coefficient (Wildman–Crippen LogP) is 5.01. The lowest BCUT2D eigenvalue weighted by Crippen LogP contribution is -2.46. The summed E-state index contributed by atoms with van der Waals surface area (Å²) in [6.07, 6.45) is -5.18. The highest BCUT2D eigenvalue weighted by atomic mass is 32.2. The lowest BCUT2D eigenvalue weighted by Gasteiger charge is -2.23. The monoisotopic (exact) mass is 421 g/mol. The first-order valence-electron chi connectivity index (χ1n) is 8.00. The normalized spacial score (nSPS) is 13.3. The predicted molar refractivity (Wildman–Crippen MR) is 84.0 cm³/mol. The minimum absolute atomic E-state index is 0.0256. The molecule has 0 spiro atoms. The van der Waals surface area contributed by atoms with Crippen LogP contribution in [0, 0.1) is 0 Å². The summed E-state index contributed by atoms with van der Waals surface area (Å²) in [5.41, 5.74) is 0. The molecule has 0 radical (unpaired) electrons. The largest absolute Gasteiger partial charge is 0.431 e. The van der Waals surface area contributed by atoms with Gasteiger partial charge in [-0.2, -0.15) is 39.2 Å². The van der Waals surface area contributed by atoms with Crippen LogP contribution in [0.25, 0.3) is 0 Å². The second kappa shape index (κ2) is 12.0. The molecule has 0 unspecified atom stereocenters. The standard InChI is InChI=1S/C12H19F7O3S.C2H7N/c13-10(14,12(18,19)23(20,21)22)8-6-4-2-1-3-5-7-9-11(15,16)17;1-3-2/h1-9H2,(H,20,21,22);3H,1-2H3. The number of nitrogens with one attached hydrogen (secondary N) is 1. The second-order valence-electron chi connectivity index (χ2n) is 5.79. The van der Waals surface area contributed by atoms with Crippen LogP contribution in [0.2, 0.25) is 0 Å². The fourth-order valence-corrected chi connectivity index (χ4v) is 2.37. The van der Waals surface area contributed by atoms with E-state index in [0.717, 1.165) is 0 Å². The third-order valence-corrected chi connectivity index (χ3v) is 4.15. The van der Waals surface area contributed by atoms with Crippen molar-refractivity contribution in [3.05, 3.63) is 0 Å². The van der Waals surface area contributed by atoms with Gasteiger partial charge in [-0.25, -0.2) is 0 Å². The average Bonchev–Trinajstić information content (AvgIpc) is 2.43. The summed E-state index contributed by atoms with van der Waals surface area (Å²) in [7, 11) is -2.46. The number of unbranched alkanes of at least 4 members (excludes halogenated alkanes) is 6. The molecule has 26 heavy (non-hydrogen) atoms. The fourth-order valence-electron chi connectivity index (χ4n) is 1.89. The molecule has 0 aliphatic carbocycles. The first-order chi connectivity index (χ1) is 11.6. The van der Waals surface area contributed by atoms with E-state index in [1.807, 2.05) is 14.1 Å². The van der Waals surface area contributed by atoms with Crippen LogP contribution >= 0.6 is 0 Å². The zero-order valence-electron chi connectivity index (χ0n) is 14.7. The fraction of sp³-hybridized carbons (Fsp3) is 1.00. The Morgan fingerprint density at radius 2 is 1.04 bits per heavy atom. The Labute approximate surface area is 149 Å². The molecule has 0 atom stereocenters. The quantitative estimate of drug-likeness (QED) is 0.280. The van der Waals surface area contributed by atoms with Gasteiger partial charge >= 0.3 is 27.5 Å². The van der Waals surface area contributed by atoms with Gasteiger partial charge in [-0.05, 0) is 26.9 Å². The van der Waals surface area contributed by atoms with E-state index < -0.39 is 40.3 Å². The smallest absolute Gasteiger partial charge is 0.323 e. The molecule has 0 saturated heterocycles. The summed E-state index contributed by atoms with van der Waals surface area (Å²) in [5, 5.41) is -2.79. The highest BCUT2D eigenvalue weighted by Crippen LogP contribution is 2.41. The van der Waals surface area contributed by atoms with Gasteiger partial charge in [0.05, 0.1) is 0 Å². The maximum Gasteiger partial charge on any atom is 0.431 e. The Morgan fingerprint density at radius 3 is 1.35 bits per heavy atom. The third-order valence-electron chi connectivity index (χ3n) is 3.20. The Hall–Kier alpha value is -0.620. The van der Waals surface area contributed by atoms with Crippen molar-refractivity contribution in [2.75, 3.05) is 14.1 Å². The van der Waals surface area contributed by atoms with Gasteiger partial charge in [0, 0.05) is 12.8 Å². The number of hydrogen-bond acceptors (Lipinski definition) is 3. The number of hydrogen-bond donors (Lipinski definition) is 2. The average molecular weight is 421 g/mol. The first-order valence-corrected chi connectivity index (χ1v) is 9.44. The zero-order valence-corrected chi connectivity index (χ0v) is 15.5. The summed E-state index contributed by atoms with van der Waals surface area (Å²) < 4.78 is 116. The van der Waals surface area contributed by atoms with E-state index in [9.17, 15) is 39.2 Å². The zero-order chi connectivity index (χ0) is 21.1. The van der Waals surface area contributed by atoms with Crippen molar-refractivity contribution >= 4 is 10.1 Å². The van der Waals surface area contributed by atoms with Crippen LogP contribution in [-0.4, -0.2) is 44.4 Å². The third kappa shape index (κ3) is 11.9. The van der Waals surface area contributed by atoms with Crippen molar-refractivity contribution in [2.24, 2.45) is 0 Å². The minimum atomic E-state index is -6.21. The van der Waals surface area contributed by atoms with Crippen LogP contribution < -0.4 is 5.32 Å². The van der Waals surface area contributed by atoms with Crippen molar-refractivity contribution in [3.8, 4) is 0 Å². The molecule has 0 aromatic rings. The number of alkyl halides is 7. The van der Waals surface area contributed by atoms with Gasteiger partial charge in [0.1, 0.15) is 0 Å². The molecule has 0 heterocycles. The van der Waals surface area contributed by atoms with Crippen LogP contribution in [0.4, 0.5) is 30.7 Å². The summed E-state index contributed by atoms with van der Waals surface area (Å²) >= 11 is 0. The topological polar surface area (TPSA) is 66.4 Å². The summed E-state index contributed by atoms with van der Waals surface area (Å²) in [5.74, 6) is -4.88. The van der Waals surface area contributed by atoms with Crippen molar-refractivity contribution in [1.82, 2.24) is 5.32 Å². The van der Waals surface area contributed by atoms with E-state index in [4.69, 9.17) is 4.55 Å². The molecule has 4 nitrogen and oxygen atoms in total. The summed E-state index contributed by atoms with van der Waals surface area (Å²) in [6, 6.07) is 0. The van der Waals surface area contributed by atoms with Gasteiger partial charge in [-0.3, -0.25) is 4.55 Å². The molecule has 0 aliphatic rings. The maximum absolute atomic E-state index is 13.1. The van der Waals surface area contributed by atoms with Gasteiger partial charge in [0.2, 0.25) is 0 Å². The Morgan fingerprint density at radius 1 is 0.731 bits per heavy atom. The molecule has 0 saturated carbocycles. The molecule has 0 aliphatic heterocycles. The maximum atomic E-state index is 13.1. The van der Waals surface area contributed by atoms with Crippen LogP contribution in [-0.2, 0) is 10.1 Å².